The van der Waals surface area contributed by atoms with Gasteiger partial charge in [0.25, 0.3) is 5.56 Å². The molecule has 2 rings (SSSR count). The molecule has 0 amide bonds. The van der Waals surface area contributed by atoms with Crippen LogP contribution < -0.4 is 17.0 Å². The number of nitrogen functional groups attached to an aromatic ring is 1. The fourth-order valence-corrected chi connectivity index (χ4v) is 4.25. The van der Waals surface area contributed by atoms with Gasteiger partial charge in [0, 0.05) is 6.54 Å². The zero-order chi connectivity index (χ0) is 17.9. The summed E-state index contributed by atoms with van der Waals surface area (Å²) in [4.78, 5) is 38.4. The second kappa shape index (κ2) is 7.99. The molecule has 130 valence electrons. The second-order valence-corrected chi connectivity index (χ2v) is 8.53. The van der Waals surface area contributed by atoms with Gasteiger partial charge in [-0.2, -0.15) is 0 Å². The zero-order valence-corrected chi connectivity index (χ0v) is 15.8. The van der Waals surface area contributed by atoms with Gasteiger partial charge in [-0.1, -0.05) is 48.7 Å². The Hall–Kier alpha value is -1.59. The largest absolute Gasteiger partial charge is 0.384 e. The highest BCUT2D eigenvalue weighted by Crippen LogP contribution is 2.27. The van der Waals surface area contributed by atoms with Crippen LogP contribution in [0, 0.1) is 5.92 Å². The Balaban J connectivity index is 2.25. The molecule has 2 aromatic heterocycles. The van der Waals surface area contributed by atoms with Gasteiger partial charge in [0.15, 0.2) is 14.5 Å². The van der Waals surface area contributed by atoms with Gasteiger partial charge in [-0.05, 0) is 12.2 Å². The SMILES string of the molecule is CSc1nnc(SCC(=O)c2c(N)n(CC(C)C)c(=O)[nH]c2=O)s1. The molecule has 2 aromatic rings. The van der Waals surface area contributed by atoms with Crippen molar-refractivity contribution in [2.45, 2.75) is 29.1 Å². The fraction of sp³-hybridized carbons (Fsp3) is 0.462. The lowest BCUT2D eigenvalue weighted by molar-refractivity contribution is 0.102. The first-order chi connectivity index (χ1) is 11.3. The number of carbonyl (C=O) groups excluding carboxylic acids is 1. The van der Waals surface area contributed by atoms with Gasteiger partial charge >= 0.3 is 5.69 Å². The quantitative estimate of drug-likeness (QED) is 0.538. The van der Waals surface area contributed by atoms with Crippen LogP contribution >= 0.6 is 34.9 Å². The number of nitrogens with one attached hydrogen (secondary N) is 1. The number of anilines is 1. The third-order valence-corrected chi connectivity index (χ3v) is 5.99. The fourth-order valence-electron chi connectivity index (χ4n) is 1.94. The third kappa shape index (κ3) is 4.28. The number of Topliss-reactive ketones (excluding diaryl/α,β-unsaturated/α-hetero) is 1. The summed E-state index contributed by atoms with van der Waals surface area (Å²) in [6.07, 6.45) is 1.89. The Labute approximate surface area is 150 Å². The van der Waals surface area contributed by atoms with Crippen molar-refractivity contribution < 1.29 is 4.79 Å². The van der Waals surface area contributed by atoms with Crippen LogP contribution in [0.4, 0.5) is 5.82 Å². The van der Waals surface area contributed by atoms with Gasteiger partial charge in [-0.25, -0.2) is 4.79 Å². The van der Waals surface area contributed by atoms with E-state index in [-0.39, 0.29) is 23.1 Å². The maximum absolute atomic E-state index is 12.4. The van der Waals surface area contributed by atoms with Crippen molar-refractivity contribution in [3.63, 3.8) is 0 Å². The zero-order valence-electron chi connectivity index (χ0n) is 13.4. The first-order valence-corrected chi connectivity index (χ1v) is 10.0. The predicted octanol–water partition coefficient (Wildman–Crippen LogP) is 1.32. The van der Waals surface area contributed by atoms with Crippen LogP contribution in [0.1, 0.15) is 24.2 Å². The summed E-state index contributed by atoms with van der Waals surface area (Å²) in [5.74, 6) is -0.405. The highest BCUT2D eigenvalue weighted by Gasteiger charge is 2.20. The molecule has 24 heavy (non-hydrogen) atoms. The van der Waals surface area contributed by atoms with Crippen molar-refractivity contribution in [3.8, 4) is 0 Å². The monoisotopic (exact) mass is 387 g/mol. The molecule has 0 radical (unpaired) electrons. The number of nitrogens with two attached hydrogens (primary N) is 1. The average Bonchev–Trinajstić information content (AvgIpc) is 2.97. The Bertz CT molecular complexity index is 855. The predicted molar refractivity (Wildman–Crippen MR) is 97.3 cm³/mol. The van der Waals surface area contributed by atoms with Gasteiger partial charge in [-0.15, -0.1) is 10.2 Å². The smallest absolute Gasteiger partial charge is 0.329 e. The summed E-state index contributed by atoms with van der Waals surface area (Å²) in [5.41, 5.74) is 4.36. The first-order valence-electron chi connectivity index (χ1n) is 6.99. The van der Waals surface area contributed by atoms with Crippen LogP contribution in [-0.2, 0) is 6.54 Å². The molecule has 0 aromatic carbocycles. The van der Waals surface area contributed by atoms with Gasteiger partial charge in [0.1, 0.15) is 11.4 Å². The van der Waals surface area contributed by atoms with Crippen molar-refractivity contribution in [1.29, 1.82) is 0 Å². The van der Waals surface area contributed by atoms with Crippen LogP contribution in [0.3, 0.4) is 0 Å². The molecule has 0 aliphatic heterocycles. The number of aromatic amines is 1. The molecule has 0 atom stereocenters. The van der Waals surface area contributed by atoms with E-state index in [1.165, 1.54) is 39.4 Å². The van der Waals surface area contributed by atoms with Gasteiger partial charge in [0.05, 0.1) is 5.75 Å². The van der Waals surface area contributed by atoms with E-state index in [1.807, 2.05) is 20.1 Å². The van der Waals surface area contributed by atoms with Gasteiger partial charge < -0.3 is 5.73 Å². The maximum atomic E-state index is 12.4. The summed E-state index contributed by atoms with van der Waals surface area (Å²) in [6, 6.07) is 0. The number of carbonyl (C=O) groups is 1. The van der Waals surface area contributed by atoms with Crippen molar-refractivity contribution in [2.24, 2.45) is 5.92 Å². The molecule has 3 N–H and O–H groups in total. The Morgan fingerprint density at radius 3 is 2.58 bits per heavy atom. The number of thioether (sulfide) groups is 2. The van der Waals surface area contributed by atoms with Crippen LogP contribution in [0.15, 0.2) is 18.3 Å². The van der Waals surface area contributed by atoms with E-state index in [0.29, 0.717) is 10.9 Å². The minimum Gasteiger partial charge on any atom is -0.384 e. The molecule has 11 heteroatoms. The van der Waals surface area contributed by atoms with Crippen LogP contribution in [0.5, 0.6) is 0 Å². The van der Waals surface area contributed by atoms with Crippen LogP contribution in [-0.4, -0.2) is 37.5 Å². The molecule has 0 unspecified atom stereocenters. The molecule has 0 bridgehead atoms. The van der Waals surface area contributed by atoms with E-state index >= 15 is 0 Å². The van der Waals surface area contributed by atoms with Gasteiger partial charge in [-0.3, -0.25) is 19.1 Å². The molecule has 8 nitrogen and oxygen atoms in total. The summed E-state index contributed by atoms with van der Waals surface area (Å²) >= 11 is 4.03. The summed E-state index contributed by atoms with van der Waals surface area (Å²) < 4.78 is 2.66. The van der Waals surface area contributed by atoms with E-state index in [1.54, 1.807) is 0 Å². The topological polar surface area (TPSA) is 124 Å². The first kappa shape index (κ1) is 18.7. The summed E-state index contributed by atoms with van der Waals surface area (Å²) in [7, 11) is 0. The lowest BCUT2D eigenvalue weighted by Crippen LogP contribution is -2.37. The minimum atomic E-state index is -0.759. The number of hydrogen-bond acceptors (Lipinski definition) is 9. The third-order valence-electron chi connectivity index (χ3n) is 2.96. The van der Waals surface area contributed by atoms with Crippen molar-refractivity contribution in [1.82, 2.24) is 19.7 Å². The van der Waals surface area contributed by atoms with E-state index < -0.39 is 17.0 Å². The lowest BCUT2D eigenvalue weighted by atomic mass is 10.2. The normalized spacial score (nSPS) is 11.2. The highest BCUT2D eigenvalue weighted by molar-refractivity contribution is 8.03. The summed E-state index contributed by atoms with van der Waals surface area (Å²) in [6.45, 7) is 4.14. The van der Waals surface area contributed by atoms with E-state index in [4.69, 9.17) is 5.73 Å². The lowest BCUT2D eigenvalue weighted by Gasteiger charge is -2.13. The van der Waals surface area contributed by atoms with Crippen molar-refractivity contribution in [3.05, 3.63) is 26.4 Å². The molecule has 0 saturated carbocycles. The average molecular weight is 388 g/mol. The molecule has 0 saturated heterocycles. The van der Waals surface area contributed by atoms with E-state index in [9.17, 15) is 14.4 Å². The number of H-pyrrole nitrogens is 1. The molecule has 2 heterocycles. The van der Waals surface area contributed by atoms with E-state index in [0.717, 1.165) is 4.34 Å². The maximum Gasteiger partial charge on any atom is 0.329 e. The molecule has 0 aliphatic carbocycles. The van der Waals surface area contributed by atoms with Crippen molar-refractivity contribution in [2.75, 3.05) is 17.7 Å². The van der Waals surface area contributed by atoms with Crippen molar-refractivity contribution >= 4 is 46.5 Å². The molecule has 0 aliphatic rings. The summed E-state index contributed by atoms with van der Waals surface area (Å²) in [5, 5.41) is 7.89. The second-order valence-electron chi connectivity index (χ2n) is 5.27. The minimum absolute atomic E-state index is 0.00379. The molecule has 0 spiro atoms. The van der Waals surface area contributed by atoms with Crippen LogP contribution in [0.25, 0.3) is 0 Å². The highest BCUT2D eigenvalue weighted by atomic mass is 32.2. The number of rotatable bonds is 7. The van der Waals surface area contributed by atoms with E-state index in [2.05, 4.69) is 15.2 Å². The van der Waals surface area contributed by atoms with Crippen LogP contribution in [0.2, 0.25) is 0 Å². The number of ketones is 1. The molecular formula is C13H17N5O3S3. The Morgan fingerprint density at radius 1 is 1.33 bits per heavy atom. The van der Waals surface area contributed by atoms with Gasteiger partial charge in [0.2, 0.25) is 0 Å². The molecular weight excluding hydrogens is 370 g/mol. The standard InChI is InChI=1S/C13H17N5O3S3/c1-6(2)4-18-9(14)8(10(20)15-11(18)21)7(19)5-23-13-17-16-12(22-3)24-13/h6H,4-5,14H2,1-3H3,(H,15,20,21). The Kier molecular flexibility index (Phi) is 6.24. The Morgan fingerprint density at radius 2 is 2.00 bits per heavy atom. The molecule has 0 fully saturated rings. The number of aromatic nitrogens is 4. The number of hydrogen-bond donors (Lipinski definition) is 2. The number of nitrogens with zero attached hydrogens (tertiary/aromatic N) is 3.